The van der Waals surface area contributed by atoms with Crippen LogP contribution in [0.4, 0.5) is 8.78 Å². The van der Waals surface area contributed by atoms with Gasteiger partial charge in [-0.15, -0.1) is 0 Å². The van der Waals surface area contributed by atoms with Gasteiger partial charge in [-0.05, 0) is 42.9 Å². The number of carbonyl (C=O) groups excluding carboxylic acids is 1. The highest BCUT2D eigenvalue weighted by Crippen LogP contribution is 2.36. The van der Waals surface area contributed by atoms with E-state index in [9.17, 15) is 23.5 Å². The molecule has 0 saturated carbocycles. The molecule has 192 valence electrons. The Bertz CT molecular complexity index is 1290. The Labute approximate surface area is 211 Å². The molecule has 5 N–H and O–H groups in total. The standard InChI is InChI=1S/C24H28F2N6O3S/c1-3-10-31-23(35)19-21(34)20(33)16(13-32(19)30(2)24(31)6-8-29-9-7-24)22(28)36-18(27)11-14-4-5-15(25)12-17(14)26/h4-5,12-13,27-29,34H,3,6-11H2,1-2H3/p+1. The molecule has 9 nitrogen and oxygen atoms in total. The number of piperidine rings is 1. The van der Waals surface area contributed by atoms with Gasteiger partial charge in [-0.25, -0.2) is 8.78 Å². The van der Waals surface area contributed by atoms with Gasteiger partial charge in [0.25, 0.3) is 5.91 Å². The van der Waals surface area contributed by atoms with Crippen molar-refractivity contribution in [1.29, 1.82) is 5.41 Å². The number of halogens is 2. The molecule has 0 aliphatic carbocycles. The van der Waals surface area contributed by atoms with Crippen LogP contribution in [0.1, 0.15) is 47.8 Å². The summed E-state index contributed by atoms with van der Waals surface area (Å²) in [5.74, 6) is -2.64. The van der Waals surface area contributed by atoms with Crippen LogP contribution in [0.3, 0.4) is 0 Å². The number of nitrogens with two attached hydrogens (primary N) is 1. The average molecular weight is 520 g/mol. The monoisotopic (exact) mass is 519 g/mol. The average Bonchev–Trinajstić information content (AvgIpc) is 2.84. The van der Waals surface area contributed by atoms with Gasteiger partial charge in [0, 0.05) is 38.7 Å². The highest BCUT2D eigenvalue weighted by molar-refractivity contribution is 8.26. The highest BCUT2D eigenvalue weighted by Gasteiger charge is 2.50. The van der Waals surface area contributed by atoms with E-state index >= 15 is 0 Å². The van der Waals surface area contributed by atoms with E-state index < -0.39 is 34.4 Å². The van der Waals surface area contributed by atoms with Crippen molar-refractivity contribution in [2.24, 2.45) is 0 Å². The summed E-state index contributed by atoms with van der Waals surface area (Å²) in [6.07, 6.45) is 3.30. The minimum atomic E-state index is -0.862. The second-order valence-electron chi connectivity index (χ2n) is 8.94. The maximum Gasteiger partial charge on any atom is 0.278 e. The van der Waals surface area contributed by atoms with Crippen LogP contribution in [0, 0.1) is 17.0 Å². The van der Waals surface area contributed by atoms with E-state index in [1.807, 2.05) is 11.9 Å². The molecule has 1 fully saturated rings. The van der Waals surface area contributed by atoms with Crippen molar-refractivity contribution in [1.82, 2.24) is 14.9 Å². The van der Waals surface area contributed by atoms with E-state index in [1.54, 1.807) is 11.9 Å². The zero-order chi connectivity index (χ0) is 26.2. The van der Waals surface area contributed by atoms with Crippen molar-refractivity contribution in [2.75, 3.05) is 31.7 Å². The second kappa shape index (κ2) is 10.0. The van der Waals surface area contributed by atoms with E-state index in [4.69, 9.17) is 10.8 Å². The molecule has 2 aliphatic heterocycles. The maximum atomic E-state index is 14.0. The number of thioether (sulfide) groups is 1. The first kappa shape index (κ1) is 25.8. The molecule has 4 rings (SSSR count). The molecule has 3 heterocycles. The van der Waals surface area contributed by atoms with Gasteiger partial charge in [0.2, 0.25) is 10.5 Å². The molecule has 1 aromatic heterocycles. The highest BCUT2D eigenvalue weighted by atomic mass is 32.2. The number of fused-ring (bicyclic) bond motifs is 1. The number of nitrogens with zero attached hydrogens (tertiary/aromatic N) is 3. The van der Waals surface area contributed by atoms with E-state index in [-0.39, 0.29) is 33.3 Å². The Balaban J connectivity index is 1.68. The lowest BCUT2D eigenvalue weighted by Crippen LogP contribution is -2.71. The topological polar surface area (TPSA) is 127 Å². The third-order valence-electron chi connectivity index (χ3n) is 6.75. The van der Waals surface area contributed by atoms with Gasteiger partial charge in [-0.1, -0.05) is 13.0 Å². The van der Waals surface area contributed by atoms with Crippen molar-refractivity contribution in [2.45, 2.75) is 38.3 Å². The van der Waals surface area contributed by atoms with Gasteiger partial charge < -0.3 is 15.3 Å². The zero-order valence-electron chi connectivity index (χ0n) is 20.1. The summed E-state index contributed by atoms with van der Waals surface area (Å²) in [6.45, 7) is 3.83. The second-order valence-corrected chi connectivity index (χ2v) is 10.1. The molecule has 2 aromatic rings. The lowest BCUT2D eigenvalue weighted by molar-refractivity contribution is -0.110. The quantitative estimate of drug-likeness (QED) is 0.342. The van der Waals surface area contributed by atoms with Gasteiger partial charge in [0.15, 0.2) is 11.4 Å². The smallest absolute Gasteiger partial charge is 0.278 e. The fourth-order valence-corrected chi connectivity index (χ4v) is 5.65. The molecule has 0 atom stereocenters. The van der Waals surface area contributed by atoms with Crippen LogP contribution in [-0.4, -0.2) is 63.0 Å². The van der Waals surface area contributed by atoms with Gasteiger partial charge in [-0.3, -0.25) is 30.1 Å². The summed E-state index contributed by atoms with van der Waals surface area (Å²) in [7, 11) is 1.80. The van der Waals surface area contributed by atoms with Gasteiger partial charge in [-0.2, -0.15) is 0 Å². The fraction of sp³-hybridized carbons (Fsp3) is 0.417. The fourth-order valence-electron chi connectivity index (χ4n) is 4.91. The van der Waals surface area contributed by atoms with Crippen LogP contribution in [0.25, 0.3) is 0 Å². The van der Waals surface area contributed by atoms with E-state index in [0.717, 1.165) is 23.9 Å². The Morgan fingerprint density at radius 2 is 1.97 bits per heavy atom. The lowest BCUT2D eigenvalue weighted by Gasteiger charge is -2.56. The first-order valence-corrected chi connectivity index (χ1v) is 12.5. The minimum Gasteiger partial charge on any atom is -0.502 e. The molecule has 1 aromatic carbocycles. The van der Waals surface area contributed by atoms with Gasteiger partial charge in [0.1, 0.15) is 22.3 Å². The SMILES string of the molecule is CCCN1C(=O)c2c(O)c(=O)c(C(=N)SC(=[NH2+])Cc3ccc(F)cc3F)cn2N(C)C12CCNCC2. The minimum absolute atomic E-state index is 0.0854. The number of aromatic hydroxyl groups is 1. The molecule has 2 aliphatic rings. The number of hydrogen-bond acceptors (Lipinski definition) is 7. The van der Waals surface area contributed by atoms with Crippen LogP contribution < -0.4 is 21.2 Å². The largest absolute Gasteiger partial charge is 0.502 e. The molecule has 0 bridgehead atoms. The summed E-state index contributed by atoms with van der Waals surface area (Å²) < 4.78 is 28.7. The number of carbonyl (C=O) groups is 1. The summed E-state index contributed by atoms with van der Waals surface area (Å²) >= 11 is 0.741. The number of pyridine rings is 1. The Morgan fingerprint density at radius 1 is 1.28 bits per heavy atom. The lowest BCUT2D eigenvalue weighted by atomic mass is 9.93. The number of benzene rings is 1. The Morgan fingerprint density at radius 3 is 2.61 bits per heavy atom. The number of hydrogen-bond donors (Lipinski definition) is 4. The molecule has 12 heteroatoms. The number of rotatable bonds is 5. The maximum absolute atomic E-state index is 14.0. The first-order valence-electron chi connectivity index (χ1n) is 11.7. The molecule has 0 unspecified atom stereocenters. The van der Waals surface area contributed by atoms with Crippen LogP contribution in [0.5, 0.6) is 5.75 Å². The summed E-state index contributed by atoms with van der Waals surface area (Å²) in [4.78, 5) is 28.3. The van der Waals surface area contributed by atoms with Crippen molar-refractivity contribution < 1.29 is 24.1 Å². The van der Waals surface area contributed by atoms with Crippen molar-refractivity contribution >= 4 is 27.8 Å². The van der Waals surface area contributed by atoms with Crippen LogP contribution >= 0.6 is 11.8 Å². The van der Waals surface area contributed by atoms with Crippen molar-refractivity contribution in [3.8, 4) is 5.75 Å². The van der Waals surface area contributed by atoms with Crippen LogP contribution in [0.2, 0.25) is 0 Å². The summed E-state index contributed by atoms with van der Waals surface area (Å²) in [5, 5.41) is 30.3. The first-order chi connectivity index (χ1) is 17.1. The normalized spacial score (nSPS) is 16.8. The third-order valence-corrected chi connectivity index (χ3v) is 7.58. The van der Waals surface area contributed by atoms with Gasteiger partial charge >= 0.3 is 0 Å². The van der Waals surface area contributed by atoms with Crippen LogP contribution in [0.15, 0.2) is 29.2 Å². The predicted molar refractivity (Wildman–Crippen MR) is 134 cm³/mol. The number of nitrogens with one attached hydrogen (secondary N) is 2. The predicted octanol–water partition coefficient (Wildman–Crippen LogP) is 0.804. The van der Waals surface area contributed by atoms with Crippen LogP contribution in [-0.2, 0) is 6.42 Å². The molecule has 1 saturated heterocycles. The molecular weight excluding hydrogens is 490 g/mol. The molecule has 1 spiro atoms. The molecule has 0 radical (unpaired) electrons. The Hall–Kier alpha value is -3.25. The van der Waals surface area contributed by atoms with E-state index in [1.165, 1.54) is 16.9 Å². The van der Waals surface area contributed by atoms with Crippen molar-refractivity contribution in [3.63, 3.8) is 0 Å². The van der Waals surface area contributed by atoms with E-state index in [0.29, 0.717) is 38.9 Å². The van der Waals surface area contributed by atoms with Crippen molar-refractivity contribution in [3.05, 3.63) is 63.1 Å². The van der Waals surface area contributed by atoms with Gasteiger partial charge in [0.05, 0.1) is 12.0 Å². The zero-order valence-corrected chi connectivity index (χ0v) is 20.9. The summed E-state index contributed by atoms with van der Waals surface area (Å²) in [6, 6.07) is 3.13. The summed E-state index contributed by atoms with van der Waals surface area (Å²) in [5.41, 5.74) is -1.65. The van der Waals surface area contributed by atoms with E-state index in [2.05, 4.69) is 5.32 Å². The molecule has 36 heavy (non-hydrogen) atoms. The molecular formula is C24H29F2N6O3S+. The molecule has 1 amide bonds. The number of amides is 1. The Kier molecular flexibility index (Phi) is 7.19. The number of aromatic nitrogens is 1. The third kappa shape index (κ3) is 4.39.